The summed E-state index contributed by atoms with van der Waals surface area (Å²) in [5, 5.41) is 0. The number of hydrogen-bond donors (Lipinski definition) is 1. The summed E-state index contributed by atoms with van der Waals surface area (Å²) in [6.45, 7) is 7.67. The van der Waals surface area contributed by atoms with Crippen molar-refractivity contribution in [1.82, 2.24) is 4.90 Å². The average molecular weight is 262 g/mol. The molecule has 2 nitrogen and oxygen atoms in total. The monoisotopic (exact) mass is 262 g/mol. The highest BCUT2D eigenvalue weighted by Gasteiger charge is 2.21. The summed E-state index contributed by atoms with van der Waals surface area (Å²) in [7, 11) is 0. The van der Waals surface area contributed by atoms with Crippen molar-refractivity contribution in [3.8, 4) is 0 Å². The Morgan fingerprint density at radius 3 is 2.33 bits per heavy atom. The van der Waals surface area contributed by atoms with E-state index in [1.165, 1.54) is 16.7 Å². The smallest absolute Gasteiger partial charge is 0.0759 e. The first-order valence-electron chi connectivity index (χ1n) is 6.64. The zero-order chi connectivity index (χ0) is 13.1. The van der Waals surface area contributed by atoms with Crippen LogP contribution in [0.4, 0.5) is 0 Å². The van der Waals surface area contributed by atoms with Crippen LogP contribution < -0.4 is 5.73 Å². The number of thiocarbonyl (C=S) groups is 1. The Bertz CT molecular complexity index is 414. The van der Waals surface area contributed by atoms with Crippen LogP contribution in [-0.2, 0) is 6.54 Å². The summed E-state index contributed by atoms with van der Waals surface area (Å²) >= 11 is 5.08. The van der Waals surface area contributed by atoms with Crippen molar-refractivity contribution in [3.63, 3.8) is 0 Å². The third-order valence-corrected chi connectivity index (χ3v) is 4.35. The largest absolute Gasteiger partial charge is 0.393 e. The fraction of sp³-hybridized carbons (Fsp3) is 0.533. The summed E-state index contributed by atoms with van der Waals surface area (Å²) in [5.41, 5.74) is 9.99. The second kappa shape index (κ2) is 5.81. The van der Waals surface area contributed by atoms with Gasteiger partial charge in [-0.15, -0.1) is 0 Å². The topological polar surface area (TPSA) is 29.3 Å². The quantitative estimate of drug-likeness (QED) is 0.849. The standard InChI is InChI=1S/C15H22N2S/c1-11-4-3-5-12(2)14(11)10-17-8-6-13(7-9-17)15(16)18/h3-5,13H,6-10H2,1-2H3,(H2,16,18). The lowest BCUT2D eigenvalue weighted by Crippen LogP contribution is -2.37. The predicted molar refractivity (Wildman–Crippen MR) is 80.7 cm³/mol. The molecule has 98 valence electrons. The highest BCUT2D eigenvalue weighted by atomic mass is 32.1. The molecule has 0 unspecified atom stereocenters. The first kappa shape index (κ1) is 13.5. The minimum Gasteiger partial charge on any atom is -0.393 e. The minimum absolute atomic E-state index is 0.453. The molecule has 0 spiro atoms. The van der Waals surface area contributed by atoms with Gasteiger partial charge in [0.15, 0.2) is 0 Å². The Kier molecular flexibility index (Phi) is 4.36. The Balaban J connectivity index is 1.98. The van der Waals surface area contributed by atoms with Gasteiger partial charge in [0.2, 0.25) is 0 Å². The molecule has 2 N–H and O–H groups in total. The molecule has 0 radical (unpaired) electrons. The van der Waals surface area contributed by atoms with E-state index in [4.69, 9.17) is 18.0 Å². The minimum atomic E-state index is 0.453. The SMILES string of the molecule is Cc1cccc(C)c1CN1CCC(C(N)=S)CC1. The molecule has 1 aromatic carbocycles. The van der Waals surface area contributed by atoms with Gasteiger partial charge in [-0.1, -0.05) is 30.4 Å². The van der Waals surface area contributed by atoms with Crippen LogP contribution >= 0.6 is 12.2 Å². The van der Waals surface area contributed by atoms with E-state index >= 15 is 0 Å². The molecular formula is C15H22N2S. The van der Waals surface area contributed by atoms with Crippen LogP contribution in [0.2, 0.25) is 0 Å². The molecule has 1 saturated heterocycles. The van der Waals surface area contributed by atoms with Gasteiger partial charge in [0, 0.05) is 12.5 Å². The van der Waals surface area contributed by atoms with E-state index in [1.807, 2.05) is 0 Å². The molecule has 0 atom stereocenters. The van der Waals surface area contributed by atoms with Crippen molar-refractivity contribution in [1.29, 1.82) is 0 Å². The summed E-state index contributed by atoms with van der Waals surface area (Å²) in [4.78, 5) is 3.21. The lowest BCUT2D eigenvalue weighted by atomic mass is 9.95. The van der Waals surface area contributed by atoms with Crippen molar-refractivity contribution in [3.05, 3.63) is 34.9 Å². The van der Waals surface area contributed by atoms with Crippen LogP contribution in [0.25, 0.3) is 0 Å². The van der Waals surface area contributed by atoms with Gasteiger partial charge in [0.1, 0.15) is 0 Å². The van der Waals surface area contributed by atoms with E-state index < -0.39 is 0 Å². The number of aryl methyl sites for hydroxylation is 2. The maximum atomic E-state index is 5.73. The summed E-state index contributed by atoms with van der Waals surface area (Å²) < 4.78 is 0. The van der Waals surface area contributed by atoms with Crippen molar-refractivity contribution in [2.45, 2.75) is 33.2 Å². The molecule has 0 aromatic heterocycles. The molecule has 1 heterocycles. The van der Waals surface area contributed by atoms with E-state index in [9.17, 15) is 0 Å². The maximum Gasteiger partial charge on any atom is 0.0759 e. The number of nitrogens with zero attached hydrogens (tertiary/aromatic N) is 1. The van der Waals surface area contributed by atoms with E-state index in [0.717, 1.165) is 32.5 Å². The van der Waals surface area contributed by atoms with Crippen LogP contribution in [0, 0.1) is 19.8 Å². The van der Waals surface area contributed by atoms with Crippen LogP contribution in [0.15, 0.2) is 18.2 Å². The van der Waals surface area contributed by atoms with E-state index in [0.29, 0.717) is 10.9 Å². The number of rotatable bonds is 3. The third-order valence-electron chi connectivity index (χ3n) is 4.02. The molecule has 1 aliphatic heterocycles. The Morgan fingerprint density at radius 2 is 1.83 bits per heavy atom. The van der Waals surface area contributed by atoms with Gasteiger partial charge in [-0.2, -0.15) is 0 Å². The number of hydrogen-bond acceptors (Lipinski definition) is 2. The molecule has 1 fully saturated rings. The highest BCUT2D eigenvalue weighted by molar-refractivity contribution is 7.80. The average Bonchev–Trinajstić information content (AvgIpc) is 2.34. The summed E-state index contributed by atoms with van der Waals surface area (Å²) in [5.74, 6) is 0.453. The maximum absolute atomic E-state index is 5.73. The van der Waals surface area contributed by atoms with Gasteiger partial charge in [0.25, 0.3) is 0 Å². The van der Waals surface area contributed by atoms with Crippen molar-refractivity contribution < 1.29 is 0 Å². The normalized spacial score (nSPS) is 17.9. The molecule has 0 aliphatic carbocycles. The number of benzene rings is 1. The number of piperidine rings is 1. The Hall–Kier alpha value is -0.930. The number of nitrogens with two attached hydrogens (primary N) is 1. The van der Waals surface area contributed by atoms with Crippen molar-refractivity contribution in [2.75, 3.05) is 13.1 Å². The molecule has 1 aliphatic rings. The van der Waals surface area contributed by atoms with Gasteiger partial charge >= 0.3 is 0 Å². The van der Waals surface area contributed by atoms with Gasteiger partial charge in [-0.05, 0) is 56.5 Å². The molecular weight excluding hydrogens is 240 g/mol. The fourth-order valence-corrected chi connectivity index (χ4v) is 2.93. The lowest BCUT2D eigenvalue weighted by Gasteiger charge is -2.32. The zero-order valence-electron chi connectivity index (χ0n) is 11.3. The number of likely N-dealkylation sites (tertiary alicyclic amines) is 1. The summed E-state index contributed by atoms with van der Waals surface area (Å²) in [6.07, 6.45) is 2.22. The van der Waals surface area contributed by atoms with Crippen LogP contribution in [0.1, 0.15) is 29.5 Å². The van der Waals surface area contributed by atoms with Gasteiger partial charge in [-0.25, -0.2) is 0 Å². The van der Waals surface area contributed by atoms with Gasteiger partial charge in [0.05, 0.1) is 4.99 Å². The van der Waals surface area contributed by atoms with E-state index in [-0.39, 0.29) is 0 Å². The van der Waals surface area contributed by atoms with E-state index in [1.54, 1.807) is 0 Å². The fourth-order valence-electron chi connectivity index (χ4n) is 2.70. The molecule has 3 heteroatoms. The highest BCUT2D eigenvalue weighted by Crippen LogP contribution is 2.21. The Morgan fingerprint density at radius 1 is 1.28 bits per heavy atom. The van der Waals surface area contributed by atoms with Crippen LogP contribution in [-0.4, -0.2) is 23.0 Å². The van der Waals surface area contributed by atoms with Crippen LogP contribution in [0.5, 0.6) is 0 Å². The molecule has 18 heavy (non-hydrogen) atoms. The van der Waals surface area contributed by atoms with Crippen molar-refractivity contribution in [2.24, 2.45) is 11.7 Å². The predicted octanol–water partition coefficient (Wildman–Crippen LogP) is 2.80. The Labute approximate surface area is 115 Å². The van der Waals surface area contributed by atoms with E-state index in [2.05, 4.69) is 36.9 Å². The van der Waals surface area contributed by atoms with Gasteiger partial charge in [-0.3, -0.25) is 4.90 Å². The first-order valence-corrected chi connectivity index (χ1v) is 7.05. The lowest BCUT2D eigenvalue weighted by molar-refractivity contribution is 0.201. The molecule has 0 saturated carbocycles. The zero-order valence-corrected chi connectivity index (χ0v) is 12.1. The van der Waals surface area contributed by atoms with Gasteiger partial charge < -0.3 is 5.73 Å². The molecule has 0 bridgehead atoms. The third kappa shape index (κ3) is 3.09. The molecule has 0 amide bonds. The molecule has 1 aromatic rings. The van der Waals surface area contributed by atoms with Crippen LogP contribution in [0.3, 0.4) is 0 Å². The second-order valence-corrected chi connectivity index (χ2v) is 5.79. The first-order chi connectivity index (χ1) is 8.58. The second-order valence-electron chi connectivity index (χ2n) is 5.32. The van der Waals surface area contributed by atoms with Crippen molar-refractivity contribution >= 4 is 17.2 Å². The summed E-state index contributed by atoms with van der Waals surface area (Å²) in [6, 6.07) is 6.53. The molecule has 2 rings (SSSR count).